The van der Waals surface area contributed by atoms with Crippen molar-refractivity contribution in [2.45, 2.75) is 31.7 Å². The lowest BCUT2D eigenvalue weighted by Gasteiger charge is -2.29. The highest BCUT2D eigenvalue weighted by Crippen LogP contribution is 2.24. The average molecular weight is 435 g/mol. The number of carboxylic acid groups (broad SMARTS) is 1. The Balaban J connectivity index is 2.14. The highest BCUT2D eigenvalue weighted by Gasteiger charge is 2.30. The Morgan fingerprint density at radius 2 is 1.81 bits per heavy atom. The molecule has 0 spiro atoms. The smallest absolute Gasteiger partial charge is 0.305 e. The molecule has 27 heavy (non-hydrogen) atoms. The molecule has 2 rings (SSSR count). The van der Waals surface area contributed by atoms with Crippen molar-refractivity contribution in [2.24, 2.45) is 0 Å². The number of nitro groups is 1. The summed E-state index contributed by atoms with van der Waals surface area (Å²) in [7, 11) is 0. The molecule has 2 aromatic carbocycles. The number of carbonyl (C=O) groups is 2. The molecule has 0 aliphatic rings. The number of nitrogens with one attached hydrogen (secondary N) is 1. The van der Waals surface area contributed by atoms with Gasteiger partial charge in [0.1, 0.15) is 0 Å². The molecule has 0 radical (unpaired) electrons. The van der Waals surface area contributed by atoms with Crippen LogP contribution < -0.4 is 5.32 Å². The minimum absolute atomic E-state index is 0.117. The zero-order valence-electron chi connectivity index (χ0n) is 14.6. The zero-order chi connectivity index (χ0) is 20.0. The van der Waals surface area contributed by atoms with Crippen LogP contribution in [0, 0.1) is 10.1 Å². The summed E-state index contributed by atoms with van der Waals surface area (Å²) in [5.41, 5.74) is 0.158. The van der Waals surface area contributed by atoms with Crippen molar-refractivity contribution >= 4 is 33.5 Å². The maximum atomic E-state index is 12.5. The molecule has 2 aromatic rings. The molecular weight excluding hydrogens is 416 g/mol. The first kappa shape index (κ1) is 20.6. The zero-order valence-corrected chi connectivity index (χ0v) is 16.2. The summed E-state index contributed by atoms with van der Waals surface area (Å²) in [6, 6.07) is 12.8. The van der Waals surface area contributed by atoms with E-state index in [-0.39, 0.29) is 17.7 Å². The summed E-state index contributed by atoms with van der Waals surface area (Å²) in [5, 5.41) is 22.7. The average Bonchev–Trinajstić information content (AvgIpc) is 2.60. The molecule has 0 bridgehead atoms. The van der Waals surface area contributed by atoms with Crippen LogP contribution in [0.15, 0.2) is 53.0 Å². The number of hydrogen-bond acceptors (Lipinski definition) is 4. The largest absolute Gasteiger partial charge is 0.481 e. The van der Waals surface area contributed by atoms with E-state index < -0.39 is 22.3 Å². The number of aliphatic carboxylic acids is 1. The number of hydrogen-bond donors (Lipinski definition) is 2. The van der Waals surface area contributed by atoms with Gasteiger partial charge in [-0.15, -0.1) is 0 Å². The standard InChI is InChI=1S/C19H19BrN2O5/c1-19(12-17(23)24,11-10-13-4-2-3-5-16(13)20)21-18(25)14-6-8-15(9-7-14)22(26)27/h2-9H,10-12H2,1H3,(H,21,25)(H,23,24)/t19-/m0/s1. The number of aryl methyl sites for hydroxylation is 1. The van der Waals surface area contributed by atoms with Gasteiger partial charge in [0.25, 0.3) is 11.6 Å². The summed E-state index contributed by atoms with van der Waals surface area (Å²) in [5.74, 6) is -1.49. The van der Waals surface area contributed by atoms with Gasteiger partial charge in [-0.3, -0.25) is 19.7 Å². The molecule has 0 aromatic heterocycles. The van der Waals surface area contributed by atoms with Crippen molar-refractivity contribution in [1.82, 2.24) is 5.32 Å². The van der Waals surface area contributed by atoms with E-state index in [2.05, 4.69) is 21.2 Å². The van der Waals surface area contributed by atoms with Crippen LogP contribution in [0.4, 0.5) is 5.69 Å². The fourth-order valence-corrected chi connectivity index (χ4v) is 3.20. The van der Waals surface area contributed by atoms with Gasteiger partial charge in [0.15, 0.2) is 0 Å². The number of non-ortho nitro benzene ring substituents is 1. The van der Waals surface area contributed by atoms with Gasteiger partial charge in [-0.25, -0.2) is 0 Å². The van der Waals surface area contributed by atoms with Crippen molar-refractivity contribution < 1.29 is 19.6 Å². The summed E-state index contributed by atoms with van der Waals surface area (Å²) >= 11 is 3.46. The summed E-state index contributed by atoms with van der Waals surface area (Å²) < 4.78 is 0.921. The lowest BCUT2D eigenvalue weighted by atomic mass is 9.89. The molecule has 0 aliphatic carbocycles. The third kappa shape index (κ3) is 5.89. The predicted octanol–water partition coefficient (Wildman–Crippen LogP) is 3.95. The first-order chi connectivity index (χ1) is 12.7. The van der Waals surface area contributed by atoms with E-state index in [9.17, 15) is 24.8 Å². The number of nitro benzene ring substituents is 1. The van der Waals surface area contributed by atoms with Gasteiger partial charge in [-0.2, -0.15) is 0 Å². The molecule has 1 atom stereocenters. The lowest BCUT2D eigenvalue weighted by molar-refractivity contribution is -0.384. The summed E-state index contributed by atoms with van der Waals surface area (Å²) in [6.07, 6.45) is 0.753. The van der Waals surface area contributed by atoms with Gasteiger partial charge in [-0.1, -0.05) is 34.1 Å². The Kier molecular flexibility index (Phi) is 6.68. The highest BCUT2D eigenvalue weighted by molar-refractivity contribution is 9.10. The minimum atomic E-state index is -1.02. The van der Waals surface area contributed by atoms with Crippen LogP contribution in [0.1, 0.15) is 35.7 Å². The molecule has 142 valence electrons. The number of halogens is 1. The molecule has 0 saturated heterocycles. The Morgan fingerprint density at radius 3 is 2.37 bits per heavy atom. The quantitative estimate of drug-likeness (QED) is 0.482. The molecule has 0 heterocycles. The highest BCUT2D eigenvalue weighted by atomic mass is 79.9. The van der Waals surface area contributed by atoms with Crippen molar-refractivity contribution in [2.75, 3.05) is 0 Å². The normalized spacial score (nSPS) is 12.8. The van der Waals surface area contributed by atoms with E-state index in [1.54, 1.807) is 6.92 Å². The van der Waals surface area contributed by atoms with Crippen molar-refractivity contribution in [3.8, 4) is 0 Å². The lowest BCUT2D eigenvalue weighted by Crippen LogP contribution is -2.47. The number of amides is 1. The number of carbonyl (C=O) groups excluding carboxylic acids is 1. The van der Waals surface area contributed by atoms with Gasteiger partial charge in [0.2, 0.25) is 0 Å². The second kappa shape index (κ2) is 8.77. The Labute approximate surface area is 164 Å². The van der Waals surface area contributed by atoms with Crippen molar-refractivity contribution in [1.29, 1.82) is 0 Å². The second-order valence-electron chi connectivity index (χ2n) is 6.48. The molecule has 7 nitrogen and oxygen atoms in total. The minimum Gasteiger partial charge on any atom is -0.481 e. The Morgan fingerprint density at radius 1 is 1.19 bits per heavy atom. The first-order valence-electron chi connectivity index (χ1n) is 8.22. The molecular formula is C19H19BrN2O5. The molecule has 0 fully saturated rings. The fourth-order valence-electron chi connectivity index (χ4n) is 2.72. The predicted molar refractivity (Wildman–Crippen MR) is 104 cm³/mol. The number of carboxylic acids is 1. The Bertz CT molecular complexity index is 853. The second-order valence-corrected chi connectivity index (χ2v) is 7.34. The van der Waals surface area contributed by atoms with Crippen LogP contribution in [0.5, 0.6) is 0 Å². The maximum Gasteiger partial charge on any atom is 0.305 e. The van der Waals surface area contributed by atoms with Gasteiger partial charge in [-0.05, 0) is 43.5 Å². The van der Waals surface area contributed by atoms with E-state index >= 15 is 0 Å². The third-order valence-electron chi connectivity index (χ3n) is 4.20. The Hall–Kier alpha value is -2.74. The number of benzene rings is 2. The van der Waals surface area contributed by atoms with E-state index in [1.807, 2.05) is 24.3 Å². The van der Waals surface area contributed by atoms with Crippen LogP contribution in [-0.2, 0) is 11.2 Å². The number of rotatable bonds is 8. The monoisotopic (exact) mass is 434 g/mol. The van der Waals surface area contributed by atoms with Gasteiger partial charge < -0.3 is 10.4 Å². The molecule has 0 unspecified atom stereocenters. The van der Waals surface area contributed by atoms with E-state index in [0.29, 0.717) is 12.8 Å². The first-order valence-corrected chi connectivity index (χ1v) is 9.02. The van der Waals surface area contributed by atoms with Crippen LogP contribution in [0.2, 0.25) is 0 Å². The van der Waals surface area contributed by atoms with Gasteiger partial charge in [0, 0.05) is 27.7 Å². The van der Waals surface area contributed by atoms with Crippen molar-refractivity contribution in [3.63, 3.8) is 0 Å². The molecule has 0 aliphatic heterocycles. The topological polar surface area (TPSA) is 110 Å². The van der Waals surface area contributed by atoms with Crippen LogP contribution in [-0.4, -0.2) is 27.4 Å². The molecule has 2 N–H and O–H groups in total. The van der Waals surface area contributed by atoms with Crippen LogP contribution >= 0.6 is 15.9 Å². The van der Waals surface area contributed by atoms with Crippen LogP contribution in [0.3, 0.4) is 0 Å². The molecule has 0 saturated carbocycles. The molecule has 8 heteroatoms. The van der Waals surface area contributed by atoms with Crippen molar-refractivity contribution in [3.05, 3.63) is 74.2 Å². The van der Waals surface area contributed by atoms with E-state index in [4.69, 9.17) is 0 Å². The summed E-state index contributed by atoms with van der Waals surface area (Å²) in [4.78, 5) is 34.0. The fraction of sp³-hybridized carbons (Fsp3) is 0.263. The third-order valence-corrected chi connectivity index (χ3v) is 4.97. The molecule has 1 amide bonds. The van der Waals surface area contributed by atoms with Gasteiger partial charge in [0.05, 0.1) is 11.3 Å². The maximum absolute atomic E-state index is 12.5. The van der Waals surface area contributed by atoms with E-state index in [0.717, 1.165) is 10.0 Å². The SMILES string of the molecule is C[C@](CCc1ccccc1Br)(CC(=O)O)NC(=O)c1ccc([N+](=O)[O-])cc1. The van der Waals surface area contributed by atoms with Crippen LogP contribution in [0.25, 0.3) is 0 Å². The number of nitrogens with zero attached hydrogens (tertiary/aromatic N) is 1. The van der Waals surface area contributed by atoms with E-state index in [1.165, 1.54) is 24.3 Å². The van der Waals surface area contributed by atoms with Gasteiger partial charge >= 0.3 is 5.97 Å². The summed E-state index contributed by atoms with van der Waals surface area (Å²) in [6.45, 7) is 1.68.